The van der Waals surface area contributed by atoms with Crippen LogP contribution >= 0.6 is 0 Å². The van der Waals surface area contributed by atoms with Gasteiger partial charge >= 0.3 is 0 Å². The fourth-order valence-electron chi connectivity index (χ4n) is 4.78. The summed E-state index contributed by atoms with van der Waals surface area (Å²) >= 11 is 0. The van der Waals surface area contributed by atoms with E-state index in [1.807, 2.05) is 12.1 Å². The number of likely N-dealkylation sites (tertiary alicyclic amines) is 1. The van der Waals surface area contributed by atoms with Crippen molar-refractivity contribution in [3.63, 3.8) is 0 Å². The molecule has 168 valence electrons. The first-order valence-electron chi connectivity index (χ1n) is 11.3. The minimum atomic E-state index is -0.833. The van der Waals surface area contributed by atoms with E-state index in [1.54, 1.807) is 6.07 Å². The molecule has 5 rings (SSSR count). The first-order chi connectivity index (χ1) is 15.3. The number of aromatic nitrogens is 2. The van der Waals surface area contributed by atoms with E-state index in [-0.39, 0.29) is 0 Å². The highest BCUT2D eigenvalue weighted by atomic mass is 16.4. The van der Waals surface area contributed by atoms with Crippen molar-refractivity contribution in [2.24, 2.45) is 0 Å². The van der Waals surface area contributed by atoms with Gasteiger partial charge < -0.3 is 19.7 Å². The van der Waals surface area contributed by atoms with Gasteiger partial charge in [0.25, 0.3) is 5.97 Å². The van der Waals surface area contributed by atoms with Crippen molar-refractivity contribution in [2.75, 3.05) is 19.6 Å². The lowest BCUT2D eigenvalue weighted by molar-refractivity contribution is -0.134. The van der Waals surface area contributed by atoms with Crippen LogP contribution in [0.25, 0.3) is 32.6 Å². The quantitative estimate of drug-likeness (QED) is 0.462. The SMILES string of the molecule is CC(=O)O.Cc1c2ccn(CCN3CCCCC3)cc2c(C)c2c1nc1ccc(O)cc12. The van der Waals surface area contributed by atoms with E-state index in [4.69, 9.17) is 14.9 Å². The number of fused-ring (bicyclic) bond motifs is 4. The third-order valence-corrected chi connectivity index (χ3v) is 6.40. The van der Waals surface area contributed by atoms with E-state index in [9.17, 15) is 5.11 Å². The Morgan fingerprint density at radius 1 is 1.00 bits per heavy atom. The largest absolute Gasteiger partial charge is 0.508 e. The average molecular weight is 434 g/mol. The van der Waals surface area contributed by atoms with Crippen LogP contribution in [0, 0.1) is 13.8 Å². The number of aromatic hydroxyl groups is 1. The zero-order chi connectivity index (χ0) is 22.8. The molecule has 1 saturated heterocycles. The van der Waals surface area contributed by atoms with E-state index in [0.29, 0.717) is 5.75 Å². The summed E-state index contributed by atoms with van der Waals surface area (Å²) in [5, 5.41) is 22.2. The number of aliphatic carboxylic acids is 1. The number of nitrogens with zero attached hydrogens (tertiary/aromatic N) is 3. The van der Waals surface area contributed by atoms with Crippen LogP contribution in [0.4, 0.5) is 0 Å². The van der Waals surface area contributed by atoms with Crippen molar-refractivity contribution in [3.8, 4) is 5.75 Å². The number of hydrogen-bond acceptors (Lipinski definition) is 4. The fraction of sp³-hybridized carbons (Fsp3) is 0.385. The fourth-order valence-corrected chi connectivity index (χ4v) is 4.78. The van der Waals surface area contributed by atoms with Crippen LogP contribution in [0.3, 0.4) is 0 Å². The lowest BCUT2D eigenvalue weighted by Crippen LogP contribution is -2.32. The maximum atomic E-state index is 9.98. The second kappa shape index (κ2) is 9.17. The minimum absolute atomic E-state index is 0.295. The maximum absolute atomic E-state index is 9.98. The Hall–Kier alpha value is -3.12. The van der Waals surface area contributed by atoms with Gasteiger partial charge in [0, 0.05) is 48.6 Å². The molecule has 2 aromatic carbocycles. The summed E-state index contributed by atoms with van der Waals surface area (Å²) in [6.45, 7) is 10.0. The van der Waals surface area contributed by atoms with Crippen LogP contribution in [-0.2, 0) is 11.3 Å². The molecule has 2 aromatic heterocycles. The molecule has 1 aliphatic heterocycles. The Balaban J connectivity index is 0.000000567. The predicted molar refractivity (Wildman–Crippen MR) is 129 cm³/mol. The summed E-state index contributed by atoms with van der Waals surface area (Å²) in [6, 6.07) is 7.71. The van der Waals surface area contributed by atoms with Crippen LogP contribution in [-0.4, -0.2) is 50.3 Å². The molecule has 0 bridgehead atoms. The molecule has 0 amide bonds. The lowest BCUT2D eigenvalue weighted by atomic mass is 9.97. The Morgan fingerprint density at radius 3 is 2.44 bits per heavy atom. The van der Waals surface area contributed by atoms with Crippen molar-refractivity contribution >= 4 is 38.5 Å². The van der Waals surface area contributed by atoms with Crippen LogP contribution in [0.2, 0.25) is 0 Å². The number of phenolic OH excluding ortho intramolecular Hbond substituents is 1. The Bertz CT molecular complexity index is 1280. The van der Waals surface area contributed by atoms with Gasteiger partial charge in [0.15, 0.2) is 0 Å². The number of rotatable bonds is 3. The zero-order valence-electron chi connectivity index (χ0n) is 19.1. The molecular formula is C26H31N3O3. The van der Waals surface area contributed by atoms with Crippen molar-refractivity contribution in [1.82, 2.24) is 14.5 Å². The number of piperidine rings is 1. The smallest absolute Gasteiger partial charge is 0.300 e. The molecule has 0 unspecified atom stereocenters. The molecule has 3 heterocycles. The van der Waals surface area contributed by atoms with Gasteiger partial charge in [0.2, 0.25) is 0 Å². The van der Waals surface area contributed by atoms with Gasteiger partial charge in [-0.15, -0.1) is 0 Å². The second-order valence-electron chi connectivity index (χ2n) is 8.72. The van der Waals surface area contributed by atoms with E-state index in [1.165, 1.54) is 59.6 Å². The Morgan fingerprint density at radius 2 is 1.72 bits per heavy atom. The van der Waals surface area contributed by atoms with E-state index >= 15 is 0 Å². The normalized spacial score (nSPS) is 14.6. The first kappa shape index (κ1) is 22.1. The van der Waals surface area contributed by atoms with Crippen molar-refractivity contribution in [1.29, 1.82) is 0 Å². The van der Waals surface area contributed by atoms with Crippen LogP contribution in [0.15, 0.2) is 36.7 Å². The second-order valence-corrected chi connectivity index (χ2v) is 8.72. The zero-order valence-corrected chi connectivity index (χ0v) is 19.1. The molecule has 32 heavy (non-hydrogen) atoms. The first-order valence-corrected chi connectivity index (χ1v) is 11.3. The van der Waals surface area contributed by atoms with Gasteiger partial charge in [-0.2, -0.15) is 0 Å². The van der Waals surface area contributed by atoms with Gasteiger partial charge in [-0.1, -0.05) is 6.42 Å². The number of carbonyl (C=O) groups is 1. The van der Waals surface area contributed by atoms with Gasteiger partial charge in [0.05, 0.1) is 11.0 Å². The highest BCUT2D eigenvalue weighted by molar-refractivity contribution is 6.16. The predicted octanol–water partition coefficient (Wildman–Crippen LogP) is 5.24. The number of hydrogen-bond donors (Lipinski definition) is 2. The van der Waals surface area contributed by atoms with Crippen molar-refractivity contribution < 1.29 is 15.0 Å². The van der Waals surface area contributed by atoms with Crippen LogP contribution in [0.5, 0.6) is 5.75 Å². The minimum Gasteiger partial charge on any atom is -0.508 e. The topological polar surface area (TPSA) is 78.6 Å². The monoisotopic (exact) mass is 433 g/mol. The highest BCUT2D eigenvalue weighted by Gasteiger charge is 2.16. The molecule has 0 spiro atoms. The lowest BCUT2D eigenvalue weighted by Gasteiger charge is -2.26. The van der Waals surface area contributed by atoms with Gasteiger partial charge in [0.1, 0.15) is 5.75 Å². The number of aryl methyl sites for hydroxylation is 2. The van der Waals surface area contributed by atoms with E-state index < -0.39 is 5.97 Å². The van der Waals surface area contributed by atoms with E-state index in [0.717, 1.165) is 36.4 Å². The molecule has 1 fully saturated rings. The summed E-state index contributed by atoms with van der Waals surface area (Å²) in [4.78, 5) is 16.4. The molecule has 0 saturated carbocycles. The van der Waals surface area contributed by atoms with Gasteiger partial charge in [-0.05, 0) is 80.6 Å². The van der Waals surface area contributed by atoms with Crippen molar-refractivity contribution in [3.05, 3.63) is 47.8 Å². The summed E-state index contributed by atoms with van der Waals surface area (Å²) in [7, 11) is 0. The van der Waals surface area contributed by atoms with Crippen LogP contribution in [0.1, 0.15) is 37.3 Å². The molecule has 0 radical (unpaired) electrons. The summed E-state index contributed by atoms with van der Waals surface area (Å²) in [5.74, 6) is -0.538. The highest BCUT2D eigenvalue weighted by Crippen LogP contribution is 2.37. The molecule has 0 aliphatic carbocycles. The van der Waals surface area contributed by atoms with Crippen LogP contribution < -0.4 is 0 Å². The molecule has 4 aromatic rings. The number of carboxylic acid groups (broad SMARTS) is 1. The molecule has 0 atom stereocenters. The summed E-state index contributed by atoms with van der Waals surface area (Å²) in [6.07, 6.45) is 8.55. The molecule has 2 N–H and O–H groups in total. The number of phenols is 1. The van der Waals surface area contributed by atoms with Crippen molar-refractivity contribution in [2.45, 2.75) is 46.6 Å². The Labute approximate surface area is 188 Å². The third-order valence-electron chi connectivity index (χ3n) is 6.40. The molecule has 6 nitrogen and oxygen atoms in total. The number of pyridine rings is 1. The number of carboxylic acids is 1. The van der Waals surface area contributed by atoms with Gasteiger partial charge in [-0.3, -0.25) is 4.79 Å². The standard InChI is InChI=1S/C24H27N3O.C2H4O2/c1-16-21-15-27(13-12-26-9-4-3-5-10-26)11-8-19(21)17(2)24-23(16)20-14-18(28)6-7-22(20)25-24;1-2(3)4/h6-8,11,14-15,28H,3-5,9-10,12-13H2,1-2H3;1H3,(H,3,4). The molecule has 1 aliphatic rings. The maximum Gasteiger partial charge on any atom is 0.300 e. The third kappa shape index (κ3) is 4.41. The molecular weight excluding hydrogens is 402 g/mol. The Kier molecular flexibility index (Phi) is 6.33. The summed E-state index contributed by atoms with van der Waals surface area (Å²) < 4.78 is 2.32. The van der Waals surface area contributed by atoms with E-state index in [2.05, 4.69) is 41.8 Å². The number of benzene rings is 2. The van der Waals surface area contributed by atoms with Gasteiger partial charge in [-0.25, -0.2) is 4.98 Å². The average Bonchev–Trinajstić information content (AvgIpc) is 3.15. The molecule has 6 heteroatoms. The summed E-state index contributed by atoms with van der Waals surface area (Å²) in [5.41, 5.74) is 4.47.